The first-order chi connectivity index (χ1) is 11.5. The molecule has 6 nitrogen and oxygen atoms in total. The summed E-state index contributed by atoms with van der Waals surface area (Å²) in [6.45, 7) is 3.90. The van der Waals surface area contributed by atoms with E-state index in [1.807, 2.05) is 0 Å². The fourth-order valence-electron chi connectivity index (χ4n) is 3.24. The number of benzene rings is 1. The van der Waals surface area contributed by atoms with Crippen LogP contribution in [0.4, 0.5) is 10.1 Å². The van der Waals surface area contributed by atoms with Crippen LogP contribution in [0.15, 0.2) is 24.3 Å². The number of nitrogens with zero attached hydrogens (tertiary/aromatic N) is 3. The Morgan fingerprint density at radius 3 is 2.21 bits per heavy atom. The van der Waals surface area contributed by atoms with Gasteiger partial charge in [-0.25, -0.2) is 4.39 Å². The van der Waals surface area contributed by atoms with Crippen LogP contribution in [0.1, 0.15) is 13.3 Å². The van der Waals surface area contributed by atoms with Crippen molar-refractivity contribution in [2.75, 3.05) is 37.6 Å². The number of hydrogen-bond acceptors (Lipinski definition) is 3. The smallest absolute Gasteiger partial charge is 0.228 e. The summed E-state index contributed by atoms with van der Waals surface area (Å²) >= 11 is 0. The van der Waals surface area contributed by atoms with Crippen LogP contribution >= 0.6 is 0 Å². The molecule has 1 atom stereocenters. The molecular weight excluding hydrogens is 313 g/mol. The molecule has 1 unspecified atom stereocenters. The van der Waals surface area contributed by atoms with Gasteiger partial charge in [-0.2, -0.15) is 0 Å². The molecule has 128 valence electrons. The maximum Gasteiger partial charge on any atom is 0.228 e. The van der Waals surface area contributed by atoms with Gasteiger partial charge in [-0.3, -0.25) is 14.4 Å². The van der Waals surface area contributed by atoms with Gasteiger partial charge in [0.25, 0.3) is 0 Å². The van der Waals surface area contributed by atoms with Gasteiger partial charge in [-0.05, 0) is 24.3 Å². The summed E-state index contributed by atoms with van der Waals surface area (Å²) in [4.78, 5) is 41.2. The van der Waals surface area contributed by atoms with E-state index in [2.05, 4.69) is 0 Å². The summed E-state index contributed by atoms with van der Waals surface area (Å²) in [5.74, 6) is -0.896. The summed E-state index contributed by atoms with van der Waals surface area (Å²) in [7, 11) is 0. The van der Waals surface area contributed by atoms with Gasteiger partial charge in [0.2, 0.25) is 17.7 Å². The average molecular weight is 333 g/mol. The molecule has 0 aliphatic carbocycles. The summed E-state index contributed by atoms with van der Waals surface area (Å²) < 4.78 is 13.0. The molecule has 0 bridgehead atoms. The van der Waals surface area contributed by atoms with Crippen molar-refractivity contribution < 1.29 is 18.8 Å². The van der Waals surface area contributed by atoms with Gasteiger partial charge in [-0.15, -0.1) is 0 Å². The number of anilines is 1. The minimum Gasteiger partial charge on any atom is -0.339 e. The van der Waals surface area contributed by atoms with Gasteiger partial charge in [0.15, 0.2) is 0 Å². The van der Waals surface area contributed by atoms with Crippen LogP contribution in [0.5, 0.6) is 0 Å². The van der Waals surface area contributed by atoms with E-state index in [4.69, 9.17) is 0 Å². The summed E-state index contributed by atoms with van der Waals surface area (Å²) in [5, 5.41) is 0. The Morgan fingerprint density at radius 1 is 1.04 bits per heavy atom. The van der Waals surface area contributed by atoms with Crippen LogP contribution in [0, 0.1) is 11.7 Å². The fraction of sp³-hybridized carbons (Fsp3) is 0.471. The molecule has 7 heteroatoms. The number of piperazine rings is 1. The van der Waals surface area contributed by atoms with E-state index in [-0.39, 0.29) is 35.9 Å². The predicted octanol–water partition coefficient (Wildman–Crippen LogP) is 0.869. The molecular formula is C17H20FN3O3. The molecule has 3 amide bonds. The van der Waals surface area contributed by atoms with E-state index in [0.717, 1.165) is 0 Å². The highest BCUT2D eigenvalue weighted by molar-refractivity contribution is 6.00. The van der Waals surface area contributed by atoms with Crippen LogP contribution in [-0.2, 0) is 14.4 Å². The zero-order valence-corrected chi connectivity index (χ0v) is 13.6. The van der Waals surface area contributed by atoms with Crippen molar-refractivity contribution in [3.05, 3.63) is 30.1 Å². The third-order valence-electron chi connectivity index (χ3n) is 4.65. The molecule has 2 heterocycles. The lowest BCUT2D eigenvalue weighted by Gasteiger charge is -2.35. The lowest BCUT2D eigenvalue weighted by atomic mass is 10.1. The molecule has 0 radical (unpaired) electrons. The van der Waals surface area contributed by atoms with Crippen LogP contribution in [0.3, 0.4) is 0 Å². The number of hydrogen-bond donors (Lipinski definition) is 0. The number of rotatable bonds is 2. The lowest BCUT2D eigenvalue weighted by Crippen LogP contribution is -2.51. The molecule has 0 saturated carbocycles. The summed E-state index contributed by atoms with van der Waals surface area (Å²) in [6, 6.07) is 5.70. The molecule has 3 rings (SSSR count). The topological polar surface area (TPSA) is 60.9 Å². The highest BCUT2D eigenvalue weighted by Gasteiger charge is 2.38. The van der Waals surface area contributed by atoms with E-state index in [0.29, 0.717) is 38.4 Å². The molecule has 2 aliphatic heterocycles. The largest absolute Gasteiger partial charge is 0.339 e. The first-order valence-electron chi connectivity index (χ1n) is 8.06. The van der Waals surface area contributed by atoms with Gasteiger partial charge < -0.3 is 14.7 Å². The van der Waals surface area contributed by atoms with Crippen molar-refractivity contribution in [2.24, 2.45) is 5.92 Å². The molecule has 2 aliphatic rings. The van der Waals surface area contributed by atoms with Crippen LogP contribution < -0.4 is 4.90 Å². The monoisotopic (exact) mass is 333 g/mol. The standard InChI is InChI=1S/C17H20FN3O3/c1-12(22)19-6-8-20(9-7-19)17(24)13-10-16(23)21(11-13)15-4-2-14(18)3-5-15/h2-5,13H,6-11H2,1H3. The first kappa shape index (κ1) is 16.4. The SMILES string of the molecule is CC(=O)N1CCN(C(=O)C2CC(=O)N(c3ccc(F)cc3)C2)CC1. The normalized spacial score (nSPS) is 21.3. The van der Waals surface area contributed by atoms with Crippen molar-refractivity contribution in [3.8, 4) is 0 Å². The maximum absolute atomic E-state index is 13.0. The van der Waals surface area contributed by atoms with Crippen LogP contribution in [-0.4, -0.2) is 60.2 Å². The quantitative estimate of drug-likeness (QED) is 0.807. The minimum absolute atomic E-state index is 0.0145. The Bertz CT molecular complexity index is 654. The fourth-order valence-corrected chi connectivity index (χ4v) is 3.24. The van der Waals surface area contributed by atoms with E-state index < -0.39 is 0 Å². The maximum atomic E-state index is 13.0. The number of halogens is 1. The van der Waals surface area contributed by atoms with E-state index in [9.17, 15) is 18.8 Å². The number of amides is 3. The van der Waals surface area contributed by atoms with Gasteiger partial charge >= 0.3 is 0 Å². The molecule has 0 spiro atoms. The summed E-state index contributed by atoms with van der Waals surface area (Å²) in [6.07, 6.45) is 0.170. The predicted molar refractivity (Wildman–Crippen MR) is 85.7 cm³/mol. The second kappa shape index (κ2) is 6.59. The van der Waals surface area contributed by atoms with Gasteiger partial charge in [0.05, 0.1) is 5.92 Å². The van der Waals surface area contributed by atoms with Gasteiger partial charge in [0, 0.05) is 51.8 Å². The van der Waals surface area contributed by atoms with Crippen LogP contribution in [0.2, 0.25) is 0 Å². The van der Waals surface area contributed by atoms with E-state index in [1.165, 1.54) is 24.0 Å². The Balaban J connectivity index is 1.62. The summed E-state index contributed by atoms with van der Waals surface area (Å²) in [5.41, 5.74) is 0.609. The Morgan fingerprint density at radius 2 is 1.62 bits per heavy atom. The Labute approximate surface area is 139 Å². The third-order valence-corrected chi connectivity index (χ3v) is 4.65. The molecule has 2 fully saturated rings. The van der Waals surface area contributed by atoms with E-state index in [1.54, 1.807) is 21.9 Å². The first-order valence-corrected chi connectivity index (χ1v) is 8.06. The molecule has 0 N–H and O–H groups in total. The number of carbonyl (C=O) groups excluding carboxylic acids is 3. The zero-order chi connectivity index (χ0) is 17.3. The van der Waals surface area contributed by atoms with Crippen LogP contribution in [0.25, 0.3) is 0 Å². The van der Waals surface area contributed by atoms with Crippen molar-refractivity contribution >= 4 is 23.4 Å². The van der Waals surface area contributed by atoms with E-state index >= 15 is 0 Å². The number of carbonyl (C=O) groups is 3. The Hall–Kier alpha value is -2.44. The van der Waals surface area contributed by atoms with Gasteiger partial charge in [-0.1, -0.05) is 0 Å². The van der Waals surface area contributed by atoms with Crippen molar-refractivity contribution in [3.63, 3.8) is 0 Å². The molecule has 1 aromatic carbocycles. The second-order valence-corrected chi connectivity index (χ2v) is 6.21. The average Bonchev–Trinajstić information content (AvgIpc) is 2.97. The molecule has 2 saturated heterocycles. The highest BCUT2D eigenvalue weighted by atomic mass is 19.1. The molecule has 1 aromatic rings. The lowest BCUT2D eigenvalue weighted by molar-refractivity contribution is -0.141. The van der Waals surface area contributed by atoms with Crippen molar-refractivity contribution in [1.82, 2.24) is 9.80 Å². The van der Waals surface area contributed by atoms with Gasteiger partial charge in [0.1, 0.15) is 5.82 Å². The zero-order valence-electron chi connectivity index (χ0n) is 13.6. The van der Waals surface area contributed by atoms with Crippen molar-refractivity contribution in [1.29, 1.82) is 0 Å². The highest BCUT2D eigenvalue weighted by Crippen LogP contribution is 2.26. The minimum atomic E-state index is -0.383. The van der Waals surface area contributed by atoms with Crippen molar-refractivity contribution in [2.45, 2.75) is 13.3 Å². The Kier molecular flexibility index (Phi) is 4.51. The molecule has 24 heavy (non-hydrogen) atoms. The second-order valence-electron chi connectivity index (χ2n) is 6.21. The third kappa shape index (κ3) is 3.25. The molecule has 0 aromatic heterocycles.